The van der Waals surface area contributed by atoms with Gasteiger partial charge in [-0.25, -0.2) is 4.39 Å². The van der Waals surface area contributed by atoms with Gasteiger partial charge in [0.15, 0.2) is 0 Å². The lowest BCUT2D eigenvalue weighted by Gasteiger charge is -2.14. The Kier molecular flexibility index (Phi) is 4.27. The van der Waals surface area contributed by atoms with Gasteiger partial charge in [-0.1, -0.05) is 30.3 Å². The minimum absolute atomic E-state index is 0.176. The molecule has 3 heteroatoms. The highest BCUT2D eigenvalue weighted by Crippen LogP contribution is 2.13. The monoisotopic (exact) mass is 254 g/mol. The number of rotatable bonds is 4. The van der Waals surface area contributed by atoms with Gasteiger partial charge in [0.05, 0.1) is 11.6 Å². The highest BCUT2D eigenvalue weighted by atomic mass is 19.1. The summed E-state index contributed by atoms with van der Waals surface area (Å²) in [4.78, 5) is 0. The Bertz CT molecular complexity index is 587. The van der Waals surface area contributed by atoms with Crippen molar-refractivity contribution in [1.82, 2.24) is 5.32 Å². The van der Waals surface area contributed by atoms with E-state index in [1.807, 2.05) is 36.4 Å². The van der Waals surface area contributed by atoms with Gasteiger partial charge >= 0.3 is 0 Å². The Labute approximate surface area is 112 Å². The predicted octanol–water partition coefficient (Wildman–Crippen LogP) is 3.55. The average molecular weight is 254 g/mol. The van der Waals surface area contributed by atoms with Gasteiger partial charge in [0, 0.05) is 12.6 Å². The standard InChI is InChI=1S/C16H15FN2/c1-12(15-5-3-2-4-6-15)19-11-14-7-13(10-18)8-16(17)9-14/h2-9,12,19H,11H2,1H3/t12-/m1/s1. The molecule has 0 heterocycles. The summed E-state index contributed by atoms with van der Waals surface area (Å²) in [6.45, 7) is 2.59. The van der Waals surface area contributed by atoms with Gasteiger partial charge in [-0.3, -0.25) is 0 Å². The molecule has 1 N–H and O–H groups in total. The molecule has 2 aromatic carbocycles. The Hall–Kier alpha value is -2.18. The van der Waals surface area contributed by atoms with E-state index >= 15 is 0 Å². The molecule has 2 nitrogen and oxygen atoms in total. The van der Waals surface area contributed by atoms with Gasteiger partial charge in [-0.15, -0.1) is 0 Å². The molecule has 1 atom stereocenters. The number of hydrogen-bond donors (Lipinski definition) is 1. The van der Waals surface area contributed by atoms with Crippen molar-refractivity contribution < 1.29 is 4.39 Å². The summed E-state index contributed by atoms with van der Waals surface area (Å²) in [5.74, 6) is -0.372. The Morgan fingerprint density at radius 2 is 1.95 bits per heavy atom. The maximum atomic E-state index is 13.3. The number of nitrogens with zero attached hydrogens (tertiary/aromatic N) is 1. The summed E-state index contributed by atoms with van der Waals surface area (Å²) in [7, 11) is 0. The van der Waals surface area contributed by atoms with Gasteiger partial charge in [-0.2, -0.15) is 5.26 Å². The number of nitrogens with one attached hydrogen (secondary N) is 1. The molecule has 0 aliphatic heterocycles. The van der Waals surface area contributed by atoms with Crippen LogP contribution in [0.2, 0.25) is 0 Å². The minimum atomic E-state index is -0.372. The third-order valence-electron chi connectivity index (χ3n) is 3.00. The molecule has 0 fully saturated rings. The van der Waals surface area contributed by atoms with E-state index in [1.165, 1.54) is 17.7 Å². The van der Waals surface area contributed by atoms with Crippen LogP contribution in [0, 0.1) is 17.1 Å². The summed E-state index contributed by atoms with van der Waals surface area (Å²) in [6, 6.07) is 16.6. The van der Waals surface area contributed by atoms with Gasteiger partial charge in [0.1, 0.15) is 5.82 Å². The Morgan fingerprint density at radius 3 is 2.63 bits per heavy atom. The lowest BCUT2D eigenvalue weighted by atomic mass is 10.1. The fourth-order valence-corrected chi connectivity index (χ4v) is 1.95. The minimum Gasteiger partial charge on any atom is -0.306 e. The van der Waals surface area contributed by atoms with Crippen LogP contribution in [0.25, 0.3) is 0 Å². The maximum Gasteiger partial charge on any atom is 0.124 e. The van der Waals surface area contributed by atoms with Crippen LogP contribution in [0.3, 0.4) is 0 Å². The first-order valence-electron chi connectivity index (χ1n) is 6.17. The zero-order valence-electron chi connectivity index (χ0n) is 10.7. The van der Waals surface area contributed by atoms with E-state index in [0.29, 0.717) is 12.1 Å². The summed E-state index contributed by atoms with van der Waals surface area (Å²) in [5.41, 5.74) is 2.31. The lowest BCUT2D eigenvalue weighted by Crippen LogP contribution is -2.18. The molecule has 19 heavy (non-hydrogen) atoms. The number of benzene rings is 2. The smallest absolute Gasteiger partial charge is 0.124 e. The normalized spacial score (nSPS) is 11.8. The quantitative estimate of drug-likeness (QED) is 0.905. The molecule has 0 amide bonds. The SMILES string of the molecule is C[C@@H](NCc1cc(F)cc(C#N)c1)c1ccccc1. The molecule has 0 aliphatic carbocycles. The van der Waals surface area contributed by atoms with Crippen molar-refractivity contribution in [1.29, 1.82) is 5.26 Å². The van der Waals surface area contributed by atoms with Gasteiger partial charge in [-0.05, 0) is 36.2 Å². The van der Waals surface area contributed by atoms with E-state index < -0.39 is 0 Å². The molecule has 0 spiro atoms. The predicted molar refractivity (Wildman–Crippen MR) is 72.8 cm³/mol. The van der Waals surface area contributed by atoms with Crippen LogP contribution in [-0.2, 0) is 6.54 Å². The van der Waals surface area contributed by atoms with Crippen molar-refractivity contribution in [3.05, 3.63) is 71.0 Å². The molecule has 0 radical (unpaired) electrons. The van der Waals surface area contributed by atoms with Crippen molar-refractivity contribution in [2.45, 2.75) is 19.5 Å². The third-order valence-corrected chi connectivity index (χ3v) is 3.00. The number of halogens is 1. The van der Waals surface area contributed by atoms with Crippen LogP contribution in [0.15, 0.2) is 48.5 Å². The molecule has 0 aromatic heterocycles. The molecule has 0 saturated heterocycles. The molecule has 2 rings (SSSR count). The highest BCUT2D eigenvalue weighted by molar-refractivity contribution is 5.33. The summed E-state index contributed by atoms with van der Waals surface area (Å²) in [5, 5.41) is 12.1. The van der Waals surface area contributed by atoms with Crippen molar-refractivity contribution in [3.8, 4) is 6.07 Å². The molecule has 96 valence electrons. The van der Waals surface area contributed by atoms with E-state index in [-0.39, 0.29) is 11.9 Å². The van der Waals surface area contributed by atoms with Gasteiger partial charge in [0.2, 0.25) is 0 Å². The van der Waals surface area contributed by atoms with Crippen LogP contribution < -0.4 is 5.32 Å². The first kappa shape index (κ1) is 13.3. The van der Waals surface area contributed by atoms with Crippen LogP contribution in [-0.4, -0.2) is 0 Å². The summed E-state index contributed by atoms with van der Waals surface area (Å²) in [6.07, 6.45) is 0. The molecule has 0 saturated carbocycles. The van der Waals surface area contributed by atoms with Crippen molar-refractivity contribution in [3.63, 3.8) is 0 Å². The average Bonchev–Trinajstić information content (AvgIpc) is 2.45. The zero-order chi connectivity index (χ0) is 13.7. The van der Waals surface area contributed by atoms with E-state index in [9.17, 15) is 4.39 Å². The Balaban J connectivity index is 2.03. The molecule has 2 aromatic rings. The van der Waals surface area contributed by atoms with Gasteiger partial charge < -0.3 is 5.32 Å². The highest BCUT2D eigenvalue weighted by Gasteiger charge is 2.05. The van der Waals surface area contributed by atoms with E-state index in [1.54, 1.807) is 6.07 Å². The summed E-state index contributed by atoms with van der Waals surface area (Å²) >= 11 is 0. The van der Waals surface area contributed by atoms with Crippen LogP contribution in [0.4, 0.5) is 4.39 Å². The van der Waals surface area contributed by atoms with Crippen molar-refractivity contribution in [2.75, 3.05) is 0 Å². The first-order chi connectivity index (χ1) is 9.19. The van der Waals surface area contributed by atoms with E-state index in [0.717, 1.165) is 5.56 Å². The molecule has 0 aliphatic rings. The lowest BCUT2D eigenvalue weighted by molar-refractivity contribution is 0.569. The largest absolute Gasteiger partial charge is 0.306 e. The van der Waals surface area contributed by atoms with Crippen molar-refractivity contribution in [2.24, 2.45) is 0 Å². The molecular formula is C16H15FN2. The topological polar surface area (TPSA) is 35.8 Å². The molecule has 0 bridgehead atoms. The fourth-order valence-electron chi connectivity index (χ4n) is 1.95. The fraction of sp³-hybridized carbons (Fsp3) is 0.188. The van der Waals surface area contributed by atoms with Gasteiger partial charge in [0.25, 0.3) is 0 Å². The molecule has 0 unspecified atom stereocenters. The van der Waals surface area contributed by atoms with Crippen LogP contribution >= 0.6 is 0 Å². The van der Waals surface area contributed by atoms with E-state index in [4.69, 9.17) is 5.26 Å². The van der Waals surface area contributed by atoms with E-state index in [2.05, 4.69) is 12.2 Å². The second-order valence-corrected chi connectivity index (χ2v) is 4.47. The molecular weight excluding hydrogens is 239 g/mol. The zero-order valence-corrected chi connectivity index (χ0v) is 10.7. The third kappa shape index (κ3) is 3.64. The van der Waals surface area contributed by atoms with Crippen LogP contribution in [0.1, 0.15) is 29.7 Å². The first-order valence-corrected chi connectivity index (χ1v) is 6.17. The number of hydrogen-bond acceptors (Lipinski definition) is 2. The van der Waals surface area contributed by atoms with Crippen LogP contribution in [0.5, 0.6) is 0 Å². The summed E-state index contributed by atoms with van der Waals surface area (Å²) < 4.78 is 13.3. The van der Waals surface area contributed by atoms with Crippen molar-refractivity contribution >= 4 is 0 Å². The second-order valence-electron chi connectivity index (χ2n) is 4.47. The Morgan fingerprint density at radius 1 is 1.21 bits per heavy atom. The number of nitriles is 1. The second kappa shape index (κ2) is 6.12. The maximum absolute atomic E-state index is 13.3.